The molecule has 0 unspecified atom stereocenters. The van der Waals surface area contributed by atoms with Crippen molar-refractivity contribution in [3.05, 3.63) is 58.9 Å². The number of nitrogens with one attached hydrogen (secondary N) is 1. The van der Waals surface area contributed by atoms with Crippen molar-refractivity contribution in [1.29, 1.82) is 0 Å². The summed E-state index contributed by atoms with van der Waals surface area (Å²) in [5.74, 6) is 0.792. The summed E-state index contributed by atoms with van der Waals surface area (Å²) < 4.78 is 6.17. The Bertz CT molecular complexity index is 1100. The van der Waals surface area contributed by atoms with Gasteiger partial charge in [-0.15, -0.1) is 0 Å². The van der Waals surface area contributed by atoms with E-state index in [1.807, 2.05) is 43.3 Å². The molecule has 0 aliphatic rings. The number of hydrogen-bond acceptors (Lipinski definition) is 6. The monoisotopic (exact) mass is 398 g/mol. The molecule has 2 aromatic heterocycles. The van der Waals surface area contributed by atoms with E-state index < -0.39 is 0 Å². The molecule has 0 aliphatic heterocycles. The van der Waals surface area contributed by atoms with Gasteiger partial charge >= 0.3 is 0 Å². The van der Waals surface area contributed by atoms with Crippen LogP contribution >= 0.6 is 22.9 Å². The molecule has 0 aliphatic carbocycles. The first-order valence-electron chi connectivity index (χ1n) is 8.32. The second kappa shape index (κ2) is 7.46. The van der Waals surface area contributed by atoms with Crippen LogP contribution in [0.15, 0.2) is 47.0 Å². The van der Waals surface area contributed by atoms with Gasteiger partial charge in [0.2, 0.25) is 17.6 Å². The van der Waals surface area contributed by atoms with Gasteiger partial charge in [0.25, 0.3) is 0 Å². The summed E-state index contributed by atoms with van der Waals surface area (Å²) in [4.78, 5) is 20.9. The number of thiazole rings is 1. The van der Waals surface area contributed by atoms with Crippen LogP contribution in [0.1, 0.15) is 17.9 Å². The number of benzene rings is 2. The predicted molar refractivity (Wildman–Crippen MR) is 106 cm³/mol. The Morgan fingerprint density at radius 1 is 1.19 bits per heavy atom. The van der Waals surface area contributed by atoms with Gasteiger partial charge in [0.15, 0.2) is 5.13 Å². The van der Waals surface area contributed by atoms with Crippen LogP contribution in [0.5, 0.6) is 0 Å². The van der Waals surface area contributed by atoms with Gasteiger partial charge in [-0.3, -0.25) is 4.79 Å². The number of carbonyl (C=O) groups is 1. The number of nitrogens with zero attached hydrogens (tertiary/aromatic N) is 3. The van der Waals surface area contributed by atoms with E-state index in [1.54, 1.807) is 6.07 Å². The van der Waals surface area contributed by atoms with E-state index in [-0.39, 0.29) is 12.3 Å². The predicted octanol–water partition coefficient (Wildman–Crippen LogP) is 4.88. The van der Waals surface area contributed by atoms with E-state index in [2.05, 4.69) is 20.4 Å². The van der Waals surface area contributed by atoms with Gasteiger partial charge in [0.05, 0.1) is 10.2 Å². The second-order valence-corrected chi connectivity index (χ2v) is 7.52. The van der Waals surface area contributed by atoms with E-state index in [4.69, 9.17) is 16.1 Å². The number of anilines is 1. The molecule has 2 heterocycles. The molecule has 0 fully saturated rings. The smallest absolute Gasteiger partial charge is 0.227 e. The lowest BCUT2D eigenvalue weighted by Crippen LogP contribution is -2.12. The van der Waals surface area contributed by atoms with Gasteiger partial charge in [-0.1, -0.05) is 57.9 Å². The van der Waals surface area contributed by atoms with Crippen LogP contribution in [-0.2, 0) is 11.2 Å². The minimum Gasteiger partial charge on any atom is -0.339 e. The lowest BCUT2D eigenvalue weighted by atomic mass is 10.1. The first-order chi connectivity index (χ1) is 13.1. The fourth-order valence-electron chi connectivity index (χ4n) is 2.53. The Morgan fingerprint density at radius 2 is 2.00 bits per heavy atom. The molecule has 27 heavy (non-hydrogen) atoms. The molecule has 0 spiro atoms. The van der Waals surface area contributed by atoms with Gasteiger partial charge in [-0.05, 0) is 25.1 Å². The zero-order valence-corrected chi connectivity index (χ0v) is 16.0. The molecule has 1 N–H and O–H groups in total. The number of hydrogen-bond donors (Lipinski definition) is 1. The highest BCUT2D eigenvalue weighted by molar-refractivity contribution is 7.22. The van der Waals surface area contributed by atoms with Crippen LogP contribution in [0.4, 0.5) is 5.13 Å². The van der Waals surface area contributed by atoms with E-state index >= 15 is 0 Å². The van der Waals surface area contributed by atoms with Gasteiger partial charge in [-0.2, -0.15) is 4.98 Å². The summed E-state index contributed by atoms with van der Waals surface area (Å²) in [5.41, 5.74) is 2.85. The summed E-state index contributed by atoms with van der Waals surface area (Å²) in [6, 6.07) is 13.3. The average molecular weight is 399 g/mol. The van der Waals surface area contributed by atoms with Crippen LogP contribution in [0, 0.1) is 6.92 Å². The quantitative estimate of drug-likeness (QED) is 0.518. The molecule has 6 nitrogen and oxygen atoms in total. The summed E-state index contributed by atoms with van der Waals surface area (Å²) in [5, 5.41) is 7.96. The molecule has 1 amide bonds. The molecule has 0 saturated heterocycles. The minimum atomic E-state index is -0.157. The van der Waals surface area contributed by atoms with E-state index in [0.717, 1.165) is 21.3 Å². The van der Waals surface area contributed by atoms with Crippen LogP contribution in [0.2, 0.25) is 5.02 Å². The highest BCUT2D eigenvalue weighted by atomic mass is 35.5. The van der Waals surface area contributed by atoms with Crippen molar-refractivity contribution in [1.82, 2.24) is 15.1 Å². The zero-order valence-electron chi connectivity index (χ0n) is 14.4. The maximum Gasteiger partial charge on any atom is 0.227 e. The summed E-state index contributed by atoms with van der Waals surface area (Å²) in [7, 11) is 0. The maximum atomic E-state index is 12.2. The van der Waals surface area contributed by atoms with Crippen LogP contribution in [0.3, 0.4) is 0 Å². The van der Waals surface area contributed by atoms with Crippen LogP contribution in [-0.4, -0.2) is 21.0 Å². The Balaban J connectivity index is 1.36. The number of amides is 1. The van der Waals surface area contributed by atoms with Crippen molar-refractivity contribution < 1.29 is 9.32 Å². The Hall–Kier alpha value is -2.77. The van der Waals surface area contributed by atoms with Crippen LogP contribution < -0.4 is 5.32 Å². The van der Waals surface area contributed by atoms with Gasteiger partial charge in [0, 0.05) is 23.4 Å². The highest BCUT2D eigenvalue weighted by Gasteiger charge is 2.12. The third kappa shape index (κ3) is 4.15. The molecule has 2 aromatic carbocycles. The lowest BCUT2D eigenvalue weighted by molar-refractivity contribution is -0.116. The average Bonchev–Trinajstić information content (AvgIpc) is 3.26. The number of aromatic nitrogens is 3. The first kappa shape index (κ1) is 17.6. The van der Waals surface area contributed by atoms with Gasteiger partial charge < -0.3 is 9.84 Å². The molecule has 4 aromatic rings. The number of halogens is 1. The fourth-order valence-corrected chi connectivity index (χ4v) is 3.69. The largest absolute Gasteiger partial charge is 0.339 e. The number of rotatable bonds is 5. The molecule has 0 radical (unpaired) electrons. The molecule has 0 atom stereocenters. The zero-order chi connectivity index (χ0) is 18.8. The number of carbonyl (C=O) groups excluding carboxylic acids is 1. The molecule has 0 bridgehead atoms. The van der Waals surface area contributed by atoms with Crippen molar-refractivity contribution in [2.75, 3.05) is 5.32 Å². The molecular formula is C19H15ClN4O2S. The Morgan fingerprint density at radius 3 is 2.81 bits per heavy atom. The SMILES string of the molecule is Cc1ccc(-c2noc(CCC(=O)Nc3nc4ccc(Cl)cc4s3)n2)cc1. The molecule has 8 heteroatoms. The van der Waals surface area contributed by atoms with Gasteiger partial charge in [0.1, 0.15) is 0 Å². The third-order valence-corrected chi connectivity index (χ3v) is 5.11. The maximum absolute atomic E-state index is 12.2. The Kier molecular flexibility index (Phi) is 4.87. The van der Waals surface area contributed by atoms with Crippen molar-refractivity contribution in [2.45, 2.75) is 19.8 Å². The molecule has 4 rings (SSSR count). The normalized spacial score (nSPS) is 11.0. The highest BCUT2D eigenvalue weighted by Crippen LogP contribution is 2.28. The van der Waals surface area contributed by atoms with Crippen molar-refractivity contribution in [3.63, 3.8) is 0 Å². The van der Waals surface area contributed by atoms with Crippen molar-refractivity contribution in [3.8, 4) is 11.4 Å². The summed E-state index contributed by atoms with van der Waals surface area (Å²) >= 11 is 7.36. The standard InChI is InChI=1S/C19H15ClN4O2S/c1-11-2-4-12(5-3-11)18-23-17(26-24-18)9-8-16(25)22-19-21-14-7-6-13(20)10-15(14)27-19/h2-7,10H,8-9H2,1H3,(H,21,22,25). The van der Waals surface area contributed by atoms with Crippen LogP contribution in [0.25, 0.3) is 21.6 Å². The fraction of sp³-hybridized carbons (Fsp3) is 0.158. The lowest BCUT2D eigenvalue weighted by Gasteiger charge is -1.98. The van der Waals surface area contributed by atoms with E-state index in [0.29, 0.717) is 28.3 Å². The Labute approximate surface area is 164 Å². The van der Waals surface area contributed by atoms with Gasteiger partial charge in [-0.25, -0.2) is 4.98 Å². The topological polar surface area (TPSA) is 80.9 Å². The number of fused-ring (bicyclic) bond motifs is 1. The van der Waals surface area contributed by atoms with E-state index in [1.165, 1.54) is 11.3 Å². The third-order valence-electron chi connectivity index (χ3n) is 3.94. The van der Waals surface area contributed by atoms with E-state index in [9.17, 15) is 4.79 Å². The second-order valence-electron chi connectivity index (χ2n) is 6.06. The van der Waals surface area contributed by atoms with Crippen molar-refractivity contribution >= 4 is 44.2 Å². The minimum absolute atomic E-state index is 0.157. The molecule has 0 saturated carbocycles. The summed E-state index contributed by atoms with van der Waals surface area (Å²) in [6.45, 7) is 2.02. The first-order valence-corrected chi connectivity index (χ1v) is 9.52. The summed E-state index contributed by atoms with van der Waals surface area (Å²) in [6.07, 6.45) is 0.591. The number of aryl methyl sites for hydroxylation is 2. The van der Waals surface area contributed by atoms with Crippen molar-refractivity contribution in [2.24, 2.45) is 0 Å². The molecule has 136 valence electrons. The molecular weight excluding hydrogens is 384 g/mol.